The Morgan fingerprint density at radius 2 is 0.652 bits per heavy atom. The fourth-order valence-electron chi connectivity index (χ4n) is 13.5. The van der Waals surface area contributed by atoms with Crippen LogP contribution in [0.1, 0.15) is 92.5 Å². The second kappa shape index (κ2) is 21.1. The van der Waals surface area contributed by atoms with Gasteiger partial charge in [-0.05, 0) is 158 Å². The zero-order chi connectivity index (χ0) is 83.8. The maximum Gasteiger partial charge on any atom is 0.252 e. The third kappa shape index (κ3) is 8.74. The lowest BCUT2D eigenvalue weighted by molar-refractivity contribution is 0.590. The predicted octanol–water partition coefficient (Wildman–Crippen LogP) is 21.5. The Morgan fingerprint density at radius 3 is 0.946 bits per heavy atom. The van der Waals surface area contributed by atoms with Crippen LogP contribution in [0.25, 0.3) is 99.5 Å². The summed E-state index contributed by atoms with van der Waals surface area (Å²) in [4.78, 5) is 3.28. The molecule has 0 atom stereocenters. The monoisotopic (exact) mass is 1210 g/mol. The highest BCUT2D eigenvalue weighted by atomic mass is 15.2. The van der Waals surface area contributed by atoms with Gasteiger partial charge in [-0.25, -0.2) is 0 Å². The van der Waals surface area contributed by atoms with Crippen LogP contribution in [0.4, 0.5) is 34.1 Å². The molecule has 17 rings (SSSR count). The van der Waals surface area contributed by atoms with E-state index in [-0.39, 0.29) is 56.1 Å². The minimum absolute atomic E-state index is 0.0444. The zero-order valence-corrected chi connectivity index (χ0v) is 50.9. The molecule has 5 heteroatoms. The topological polar surface area (TPSA) is 16.3 Å². The molecular formula is C87H69BN4. The van der Waals surface area contributed by atoms with Crippen LogP contribution in [0, 0.1) is 6.85 Å². The molecule has 4 nitrogen and oxygen atoms in total. The molecule has 2 aliphatic heterocycles. The molecule has 0 saturated heterocycles. The van der Waals surface area contributed by atoms with Crippen LogP contribution in [0.15, 0.2) is 291 Å². The van der Waals surface area contributed by atoms with Crippen LogP contribution >= 0.6 is 0 Å². The molecular weight excluding hydrogens is 1110 g/mol. The quantitative estimate of drug-likeness (QED) is 0.141. The van der Waals surface area contributed by atoms with E-state index in [4.69, 9.17) is 5.48 Å². The SMILES string of the molecule is [2H]c1c([2H])c(-n2c3c([2H])c([2H])c([2H])c([2H])c3c3c([2H])c([2H])c([2H])c([2H])c32)c([2H])c2c1B1c3c(cc(C([2H])([2H])[2H])cc3N(c3c(-c4ccccc4)cc(C(C)(C)C)cc3-c3ccccc3)c3c([2H])c(-n4c5c([2H])c([2H])c([2H])c([2H])c5c5c([2H])c([2H])c([2H])c([2H])c54)c([2H])c([2H])c31)N2c1c(-c2ccccc2)cc(C(C)(C)C)cc1-c1ccccc1. The van der Waals surface area contributed by atoms with Crippen LogP contribution in [0.3, 0.4) is 0 Å². The molecule has 440 valence electrons. The Kier molecular flexibility index (Phi) is 8.02. The van der Waals surface area contributed by atoms with Gasteiger partial charge < -0.3 is 18.9 Å². The second-order valence-corrected chi connectivity index (χ2v) is 25.4. The van der Waals surface area contributed by atoms with E-state index in [1.807, 2.05) is 187 Å². The van der Waals surface area contributed by atoms with Gasteiger partial charge in [-0.3, -0.25) is 0 Å². The lowest BCUT2D eigenvalue weighted by Gasteiger charge is -2.46. The Labute approximate surface area is 574 Å². The number of para-hydroxylation sites is 4. The molecule has 0 N–H and O–H groups in total. The van der Waals surface area contributed by atoms with Gasteiger partial charge in [-0.2, -0.15) is 0 Å². The van der Waals surface area contributed by atoms with Gasteiger partial charge in [0.25, 0.3) is 6.71 Å². The van der Waals surface area contributed by atoms with Crippen molar-refractivity contribution in [1.29, 1.82) is 0 Å². The summed E-state index contributed by atoms with van der Waals surface area (Å²) in [5, 5.41) is -1.64. The van der Waals surface area contributed by atoms with E-state index in [2.05, 4.69) is 0 Å². The van der Waals surface area contributed by atoms with Gasteiger partial charge in [-0.15, -0.1) is 0 Å². The van der Waals surface area contributed by atoms with Crippen LogP contribution in [-0.4, -0.2) is 15.8 Å². The van der Waals surface area contributed by atoms with E-state index in [0.717, 1.165) is 20.3 Å². The summed E-state index contributed by atoms with van der Waals surface area (Å²) in [7, 11) is 0. The molecule has 0 amide bonds. The molecule has 13 aromatic carbocycles. The number of benzene rings is 13. The fraction of sp³-hybridized carbons (Fsp3) is 0.103. The van der Waals surface area contributed by atoms with Gasteiger partial charge in [0.2, 0.25) is 0 Å². The van der Waals surface area contributed by atoms with Crippen molar-refractivity contribution in [3.05, 3.63) is 307 Å². The van der Waals surface area contributed by atoms with Crippen molar-refractivity contribution >= 4 is 101 Å². The summed E-state index contributed by atoms with van der Waals surface area (Å²) in [6.07, 6.45) is 0. The molecule has 0 spiro atoms. The van der Waals surface area contributed by atoms with Gasteiger partial charge in [-0.1, -0.05) is 247 Å². The summed E-state index contributed by atoms with van der Waals surface area (Å²) < 4.78 is 249. The van der Waals surface area contributed by atoms with Crippen LogP contribution in [0.2, 0.25) is 0 Å². The van der Waals surface area contributed by atoms with Crippen LogP contribution < -0.4 is 26.2 Å². The van der Waals surface area contributed by atoms with Crippen molar-refractivity contribution in [1.82, 2.24) is 9.13 Å². The highest BCUT2D eigenvalue weighted by Gasteiger charge is 2.46. The standard InChI is InChI=1S/C87H69BN4/c1-56-48-81-83-82(49-56)92(85-71(59-32-16-10-17-33-59)52-62(87(5,6)7)53-72(85)60-34-18-11-19-35-60)80-55-64(90-77-42-26-22-38-67(77)68-39-23-27-43-78(68)90)45-47-74(80)88(83)73-46-44-63(89-75-40-24-20-36-65(75)66-37-21-25-41-76(66)89)54-79(73)91(81)84-69(57-28-12-8-13-29-57)50-61(86(2,3)4)51-70(84)58-30-14-9-15-31-58/h8-55H,1-7H3/i1D3,20D,21D,22D,23D,24D,25D,26D,27D,36D,37D,38D,39D,40D,41D,42D,43D,44D,45D,46D,47D,54D,55D. The number of anilines is 6. The first-order valence-corrected chi connectivity index (χ1v) is 30.4. The molecule has 0 radical (unpaired) electrons. The number of aromatic nitrogens is 2. The first kappa shape index (κ1) is 34.9. The van der Waals surface area contributed by atoms with E-state index in [1.165, 1.54) is 12.1 Å². The zero-order valence-electron chi connectivity index (χ0n) is 75.9. The summed E-state index contributed by atoms with van der Waals surface area (Å²) in [6, 6.07) is 30.4. The molecule has 92 heavy (non-hydrogen) atoms. The second-order valence-electron chi connectivity index (χ2n) is 25.4. The van der Waals surface area contributed by atoms with E-state index in [1.54, 1.807) is 9.80 Å². The van der Waals surface area contributed by atoms with Crippen molar-refractivity contribution in [2.75, 3.05) is 9.80 Å². The van der Waals surface area contributed by atoms with Crippen molar-refractivity contribution in [2.24, 2.45) is 0 Å². The highest BCUT2D eigenvalue weighted by molar-refractivity contribution is 7.00. The Balaban J connectivity index is 1.17. The first-order chi connectivity index (χ1) is 55.2. The van der Waals surface area contributed by atoms with Gasteiger partial charge in [0.15, 0.2) is 0 Å². The summed E-state index contributed by atoms with van der Waals surface area (Å²) in [5.41, 5.74) is -0.0136. The van der Waals surface area contributed by atoms with E-state index in [9.17, 15) is 28.8 Å². The van der Waals surface area contributed by atoms with Gasteiger partial charge in [0.05, 0.1) is 63.6 Å². The van der Waals surface area contributed by atoms with E-state index >= 15 is 0 Å². The average molecular weight is 1210 g/mol. The number of fused-ring (bicyclic) bond motifs is 10. The Hall–Kier alpha value is -10.9. The third-order valence-electron chi connectivity index (χ3n) is 17.8. The van der Waals surface area contributed by atoms with Crippen LogP contribution in [0.5, 0.6) is 0 Å². The van der Waals surface area contributed by atoms with E-state index < -0.39 is 212 Å². The number of hydrogen-bond acceptors (Lipinski definition) is 2. The minimum atomic E-state index is -3.13. The highest BCUT2D eigenvalue weighted by Crippen LogP contribution is 2.55. The van der Waals surface area contributed by atoms with Crippen LogP contribution in [-0.2, 0) is 10.8 Å². The Bertz CT molecular complexity index is 6240. The lowest BCUT2D eigenvalue weighted by atomic mass is 9.33. The number of nitrogens with zero attached hydrogens (tertiary/aromatic N) is 4. The molecule has 0 unspecified atom stereocenters. The normalized spacial score (nSPS) is 16.8. The summed E-state index contributed by atoms with van der Waals surface area (Å²) in [5.74, 6) is 0. The molecule has 2 aliphatic rings. The largest absolute Gasteiger partial charge is 0.310 e. The molecule has 0 aliphatic carbocycles. The smallest absolute Gasteiger partial charge is 0.252 e. The van der Waals surface area contributed by atoms with Gasteiger partial charge in [0.1, 0.15) is 0 Å². The molecule has 0 fully saturated rings. The van der Waals surface area contributed by atoms with E-state index in [0.29, 0.717) is 44.5 Å². The summed E-state index contributed by atoms with van der Waals surface area (Å²) >= 11 is 0. The van der Waals surface area contributed by atoms with Crippen molar-refractivity contribution in [3.8, 4) is 55.9 Å². The number of aryl methyl sites for hydroxylation is 1. The maximum atomic E-state index is 11.6. The average Bonchev–Trinajstić information content (AvgIpc) is 1.65. The Morgan fingerprint density at radius 1 is 0.348 bits per heavy atom. The molecule has 4 heterocycles. The first-order valence-electron chi connectivity index (χ1n) is 42.9. The van der Waals surface area contributed by atoms with Crippen molar-refractivity contribution in [2.45, 2.75) is 59.2 Å². The minimum Gasteiger partial charge on any atom is -0.310 e. The lowest BCUT2D eigenvalue weighted by Crippen LogP contribution is -2.61. The molecule has 2 aromatic heterocycles. The van der Waals surface area contributed by atoms with Gasteiger partial charge in [0, 0.05) is 82.0 Å². The van der Waals surface area contributed by atoms with Gasteiger partial charge >= 0.3 is 0 Å². The molecule has 0 saturated carbocycles. The third-order valence-corrected chi connectivity index (χ3v) is 17.8. The molecule has 0 bridgehead atoms. The summed E-state index contributed by atoms with van der Waals surface area (Å²) in [6.45, 7) is 7.25. The molecule has 15 aromatic rings. The fourth-order valence-corrected chi connectivity index (χ4v) is 13.5. The number of rotatable bonds is 8. The number of hydrogen-bond donors (Lipinski definition) is 0. The van der Waals surface area contributed by atoms with Crippen molar-refractivity contribution in [3.63, 3.8) is 0 Å². The van der Waals surface area contributed by atoms with Crippen molar-refractivity contribution < 1.29 is 34.3 Å². The predicted molar refractivity (Wildman–Crippen MR) is 393 cm³/mol. The maximum absolute atomic E-state index is 11.6.